The Bertz CT molecular complexity index is 697. The van der Waals surface area contributed by atoms with E-state index in [1.165, 1.54) is 15.6 Å². The molecule has 0 heterocycles. The Morgan fingerprint density at radius 2 is 1.25 bits per heavy atom. The van der Waals surface area contributed by atoms with E-state index in [4.69, 9.17) is 4.99 Å². The molecule has 1 nitrogen and oxygen atoms in total. The first-order valence-electron chi connectivity index (χ1n) is 8.19. The van der Waals surface area contributed by atoms with Gasteiger partial charge in [0.1, 0.15) is 0 Å². The summed E-state index contributed by atoms with van der Waals surface area (Å²) in [4.78, 5) is 5.20. The molecular weight excluding hydrogens is 357 g/mol. The average Bonchev–Trinajstić information content (AvgIpc) is 2.64. The molecule has 1 unspecified atom stereocenters. The van der Waals surface area contributed by atoms with Crippen LogP contribution in [0.4, 0.5) is 0 Å². The standard InChI is InChI=1S/C22H21NSe/c1-4-10-19(11-5-1)16-22(24-21-14-8-3-9-15-21)18-23-17-20-12-6-2-7-13-20/h1-15,18,22H,16-17H2. The van der Waals surface area contributed by atoms with Crippen molar-refractivity contribution in [1.82, 2.24) is 0 Å². The summed E-state index contributed by atoms with van der Waals surface area (Å²) in [6, 6.07) is 31.9. The third-order valence-electron chi connectivity index (χ3n) is 3.70. The van der Waals surface area contributed by atoms with Gasteiger partial charge in [-0.2, -0.15) is 0 Å². The fourth-order valence-corrected chi connectivity index (χ4v) is 4.78. The molecule has 0 aliphatic rings. The number of rotatable bonds is 7. The zero-order chi connectivity index (χ0) is 16.5. The van der Waals surface area contributed by atoms with Crippen molar-refractivity contribution in [3.05, 3.63) is 102 Å². The molecule has 0 fully saturated rings. The van der Waals surface area contributed by atoms with Gasteiger partial charge in [0, 0.05) is 0 Å². The first-order chi connectivity index (χ1) is 11.9. The summed E-state index contributed by atoms with van der Waals surface area (Å²) in [5.74, 6) is 0. The van der Waals surface area contributed by atoms with Gasteiger partial charge >= 0.3 is 151 Å². The normalized spacial score (nSPS) is 12.3. The molecule has 0 aliphatic heterocycles. The van der Waals surface area contributed by atoms with Crippen LogP contribution in [0.25, 0.3) is 0 Å². The second-order valence-corrected chi connectivity index (χ2v) is 8.39. The maximum absolute atomic E-state index is 4.72. The van der Waals surface area contributed by atoms with Crippen LogP contribution in [0.2, 0.25) is 4.82 Å². The van der Waals surface area contributed by atoms with E-state index >= 15 is 0 Å². The third kappa shape index (κ3) is 5.49. The van der Waals surface area contributed by atoms with E-state index in [1.807, 2.05) is 6.07 Å². The van der Waals surface area contributed by atoms with E-state index in [-0.39, 0.29) is 0 Å². The molecule has 0 N–H and O–H groups in total. The Balaban J connectivity index is 1.69. The summed E-state index contributed by atoms with van der Waals surface area (Å²) in [5.41, 5.74) is 2.64. The summed E-state index contributed by atoms with van der Waals surface area (Å²) in [5, 5.41) is 0. The monoisotopic (exact) mass is 379 g/mol. The van der Waals surface area contributed by atoms with Crippen molar-refractivity contribution >= 4 is 25.6 Å². The summed E-state index contributed by atoms with van der Waals surface area (Å²) < 4.78 is 1.43. The van der Waals surface area contributed by atoms with Crippen LogP contribution in [0.5, 0.6) is 0 Å². The van der Waals surface area contributed by atoms with Gasteiger partial charge in [-0.1, -0.05) is 0 Å². The molecule has 0 aliphatic carbocycles. The molecule has 0 bridgehead atoms. The van der Waals surface area contributed by atoms with Crippen LogP contribution >= 0.6 is 0 Å². The molecular formula is C22H21NSe. The first kappa shape index (κ1) is 16.7. The van der Waals surface area contributed by atoms with Crippen LogP contribution in [0, 0.1) is 0 Å². The molecule has 0 saturated heterocycles. The quantitative estimate of drug-likeness (QED) is 0.429. The molecule has 2 heteroatoms. The fourth-order valence-electron chi connectivity index (χ4n) is 2.50. The van der Waals surface area contributed by atoms with Gasteiger partial charge in [-0.25, -0.2) is 0 Å². The summed E-state index contributed by atoms with van der Waals surface area (Å²) in [7, 11) is 0. The molecule has 120 valence electrons. The zero-order valence-corrected chi connectivity index (χ0v) is 15.3. The van der Waals surface area contributed by atoms with E-state index in [0.717, 1.165) is 13.0 Å². The second kappa shape index (κ2) is 9.22. The van der Waals surface area contributed by atoms with Gasteiger partial charge in [0.15, 0.2) is 0 Å². The van der Waals surface area contributed by atoms with Gasteiger partial charge in [-0.3, -0.25) is 0 Å². The Labute approximate surface area is 150 Å². The predicted octanol–water partition coefficient (Wildman–Crippen LogP) is 4.32. The molecule has 0 amide bonds. The molecule has 0 saturated carbocycles. The first-order valence-corrected chi connectivity index (χ1v) is 10.0. The number of nitrogens with zero attached hydrogens (tertiary/aromatic N) is 1. The van der Waals surface area contributed by atoms with Crippen molar-refractivity contribution < 1.29 is 0 Å². The second-order valence-electron chi connectivity index (χ2n) is 5.63. The Hall–Kier alpha value is -2.15. The molecule has 3 aromatic carbocycles. The molecule has 24 heavy (non-hydrogen) atoms. The fraction of sp³-hybridized carbons (Fsp3) is 0.136. The SMILES string of the molecule is C(=NCc1ccccc1)C(Cc1ccccc1)[Se]c1ccccc1. The van der Waals surface area contributed by atoms with E-state index < -0.39 is 0 Å². The number of hydrogen-bond acceptors (Lipinski definition) is 1. The van der Waals surface area contributed by atoms with Gasteiger partial charge < -0.3 is 0 Å². The van der Waals surface area contributed by atoms with Gasteiger partial charge in [0.05, 0.1) is 0 Å². The van der Waals surface area contributed by atoms with Gasteiger partial charge in [-0.05, 0) is 0 Å². The molecule has 1 atom stereocenters. The average molecular weight is 378 g/mol. The predicted molar refractivity (Wildman–Crippen MR) is 104 cm³/mol. The van der Waals surface area contributed by atoms with Crippen LogP contribution in [-0.4, -0.2) is 21.2 Å². The van der Waals surface area contributed by atoms with Crippen molar-refractivity contribution in [1.29, 1.82) is 0 Å². The van der Waals surface area contributed by atoms with Crippen molar-refractivity contribution in [2.45, 2.75) is 17.8 Å². The third-order valence-corrected chi connectivity index (χ3v) is 6.08. The Kier molecular flexibility index (Phi) is 6.41. The summed E-state index contributed by atoms with van der Waals surface area (Å²) >= 11 is 0.386. The van der Waals surface area contributed by atoms with Crippen LogP contribution < -0.4 is 4.46 Å². The number of aliphatic imine (C=N–C) groups is 1. The Morgan fingerprint density at radius 1 is 0.708 bits per heavy atom. The summed E-state index contributed by atoms with van der Waals surface area (Å²) in [6.45, 7) is 0.761. The van der Waals surface area contributed by atoms with E-state index in [2.05, 4.69) is 91.1 Å². The zero-order valence-electron chi connectivity index (χ0n) is 13.6. The molecule has 0 spiro atoms. The summed E-state index contributed by atoms with van der Waals surface area (Å²) in [6.07, 6.45) is 3.22. The van der Waals surface area contributed by atoms with Gasteiger partial charge in [0.25, 0.3) is 0 Å². The van der Waals surface area contributed by atoms with Crippen LogP contribution in [0.3, 0.4) is 0 Å². The van der Waals surface area contributed by atoms with E-state index in [0.29, 0.717) is 19.8 Å². The van der Waals surface area contributed by atoms with Crippen molar-refractivity contribution in [2.75, 3.05) is 0 Å². The van der Waals surface area contributed by atoms with Crippen molar-refractivity contribution in [3.63, 3.8) is 0 Å². The van der Waals surface area contributed by atoms with Gasteiger partial charge in [-0.15, -0.1) is 0 Å². The molecule has 0 aromatic heterocycles. The molecule has 3 aromatic rings. The van der Waals surface area contributed by atoms with Crippen LogP contribution in [0.15, 0.2) is 96.0 Å². The van der Waals surface area contributed by atoms with E-state index in [1.54, 1.807) is 0 Å². The Morgan fingerprint density at radius 3 is 1.88 bits per heavy atom. The van der Waals surface area contributed by atoms with Crippen LogP contribution in [0.1, 0.15) is 11.1 Å². The van der Waals surface area contributed by atoms with Crippen molar-refractivity contribution in [3.8, 4) is 0 Å². The number of benzene rings is 3. The number of hydrogen-bond donors (Lipinski definition) is 0. The van der Waals surface area contributed by atoms with Crippen LogP contribution in [-0.2, 0) is 13.0 Å². The van der Waals surface area contributed by atoms with Gasteiger partial charge in [0.2, 0.25) is 0 Å². The topological polar surface area (TPSA) is 12.4 Å². The van der Waals surface area contributed by atoms with E-state index in [9.17, 15) is 0 Å². The minimum absolute atomic E-state index is 0.386. The molecule has 0 radical (unpaired) electrons. The molecule has 3 rings (SSSR count). The minimum atomic E-state index is 0.386. The van der Waals surface area contributed by atoms with Crippen molar-refractivity contribution in [2.24, 2.45) is 4.99 Å². The maximum atomic E-state index is 4.72.